The topological polar surface area (TPSA) is 0 Å². The third-order valence-corrected chi connectivity index (χ3v) is 1.28. The number of rotatable bonds is 1. The predicted molar refractivity (Wildman–Crippen MR) is 39.5 cm³/mol. The monoisotopic (exact) mass is 178 g/mol. The van der Waals surface area contributed by atoms with Crippen LogP contribution in [0.1, 0.15) is 6.42 Å². The highest BCUT2D eigenvalue weighted by Gasteiger charge is 2.16. The fourth-order valence-electron chi connectivity index (χ4n) is 0.164. The van der Waals surface area contributed by atoms with Gasteiger partial charge in [0.05, 0.1) is 0 Å². The van der Waals surface area contributed by atoms with E-state index in [9.17, 15) is 0 Å². The minimum atomic E-state index is -1.05. The van der Waals surface area contributed by atoms with E-state index < -0.39 is 3.79 Å². The number of halogens is 3. The minimum absolute atomic E-state index is 0.600. The van der Waals surface area contributed by atoms with E-state index in [1.54, 1.807) is 0 Å². The Morgan fingerprint density at radius 3 is 1.71 bits per heavy atom. The lowest BCUT2D eigenvalue weighted by atomic mass is 10.6. The van der Waals surface area contributed by atoms with Crippen LogP contribution >= 0.6 is 44.0 Å². The van der Waals surface area contributed by atoms with Crippen LogP contribution in [0, 0.1) is 0 Å². The average Bonchev–Trinajstić information content (AvgIpc) is 1.30. The van der Waals surface area contributed by atoms with Crippen LogP contribution in [0.4, 0.5) is 0 Å². The SMILES string of the molecule is PCCC(Cl)(Cl)Cl. The van der Waals surface area contributed by atoms with Gasteiger partial charge in [0, 0.05) is 0 Å². The second-order valence-corrected chi connectivity index (χ2v) is 4.25. The highest BCUT2D eigenvalue weighted by molar-refractivity contribution is 7.16. The Morgan fingerprint density at radius 2 is 1.71 bits per heavy atom. The molecule has 0 saturated heterocycles. The number of alkyl halides is 3. The molecule has 0 aliphatic carbocycles. The Hall–Kier alpha value is 1.30. The van der Waals surface area contributed by atoms with Gasteiger partial charge in [-0.05, 0) is 12.6 Å². The van der Waals surface area contributed by atoms with Crippen LogP contribution in [-0.4, -0.2) is 9.95 Å². The van der Waals surface area contributed by atoms with Gasteiger partial charge in [-0.3, -0.25) is 0 Å². The molecule has 0 spiro atoms. The first-order chi connectivity index (χ1) is 3.06. The molecular formula is C3H6Cl3P. The molecule has 0 aliphatic heterocycles. The van der Waals surface area contributed by atoms with E-state index in [-0.39, 0.29) is 0 Å². The van der Waals surface area contributed by atoms with Crippen LogP contribution in [0.3, 0.4) is 0 Å². The summed E-state index contributed by atoms with van der Waals surface area (Å²) in [5.74, 6) is 0. The van der Waals surface area contributed by atoms with Gasteiger partial charge < -0.3 is 0 Å². The van der Waals surface area contributed by atoms with Crippen molar-refractivity contribution in [1.82, 2.24) is 0 Å². The number of hydrogen-bond donors (Lipinski definition) is 0. The van der Waals surface area contributed by atoms with E-state index >= 15 is 0 Å². The Kier molecular flexibility index (Phi) is 3.97. The van der Waals surface area contributed by atoms with Crippen molar-refractivity contribution in [3.63, 3.8) is 0 Å². The lowest BCUT2D eigenvalue weighted by Gasteiger charge is -2.05. The summed E-state index contributed by atoms with van der Waals surface area (Å²) in [6.07, 6.45) is 1.43. The van der Waals surface area contributed by atoms with Gasteiger partial charge in [0.1, 0.15) is 0 Å². The summed E-state index contributed by atoms with van der Waals surface area (Å²) >= 11 is 16.1. The third-order valence-electron chi connectivity index (χ3n) is 0.428. The molecule has 44 valence electrons. The van der Waals surface area contributed by atoms with E-state index in [4.69, 9.17) is 34.8 Å². The first-order valence-electron chi connectivity index (χ1n) is 1.83. The van der Waals surface area contributed by atoms with Gasteiger partial charge in [0.15, 0.2) is 3.79 Å². The molecule has 0 amide bonds. The zero-order chi connectivity index (χ0) is 5.91. The van der Waals surface area contributed by atoms with Crippen LogP contribution in [0.25, 0.3) is 0 Å². The van der Waals surface area contributed by atoms with Crippen molar-refractivity contribution in [2.45, 2.75) is 10.2 Å². The predicted octanol–water partition coefficient (Wildman–Crippen LogP) is 2.62. The molecule has 0 radical (unpaired) electrons. The summed E-state index contributed by atoms with van der Waals surface area (Å²) in [6, 6.07) is 0. The summed E-state index contributed by atoms with van der Waals surface area (Å²) in [5.41, 5.74) is 0. The molecule has 0 saturated carbocycles. The molecule has 0 aromatic carbocycles. The molecule has 1 atom stereocenters. The van der Waals surface area contributed by atoms with Crippen LogP contribution < -0.4 is 0 Å². The smallest absolute Gasteiger partial charge is 0.137 e. The maximum absolute atomic E-state index is 5.35. The summed E-state index contributed by atoms with van der Waals surface area (Å²) in [5, 5.41) is 0. The van der Waals surface area contributed by atoms with Gasteiger partial charge in [-0.1, -0.05) is 34.8 Å². The summed E-state index contributed by atoms with van der Waals surface area (Å²) in [7, 11) is 2.49. The number of hydrogen-bond acceptors (Lipinski definition) is 0. The molecule has 0 aromatic heterocycles. The van der Waals surface area contributed by atoms with Crippen molar-refractivity contribution in [2.75, 3.05) is 6.16 Å². The van der Waals surface area contributed by atoms with E-state index in [0.29, 0.717) is 6.42 Å². The first-order valence-corrected chi connectivity index (χ1v) is 3.78. The standard InChI is InChI=1S/C3H6Cl3P/c4-3(5,6)1-2-7/h1-2,7H2. The summed E-state index contributed by atoms with van der Waals surface area (Å²) in [6.45, 7) is 0. The van der Waals surface area contributed by atoms with Crippen LogP contribution in [0.2, 0.25) is 0 Å². The largest absolute Gasteiger partial charge is 0.190 e. The maximum atomic E-state index is 5.35. The van der Waals surface area contributed by atoms with Gasteiger partial charge in [-0.15, -0.1) is 9.24 Å². The van der Waals surface area contributed by atoms with Crippen LogP contribution in [0.5, 0.6) is 0 Å². The summed E-state index contributed by atoms with van der Waals surface area (Å²) < 4.78 is -1.05. The summed E-state index contributed by atoms with van der Waals surface area (Å²) in [4.78, 5) is 0. The Balaban J connectivity index is 3.15. The van der Waals surface area contributed by atoms with Crippen molar-refractivity contribution in [3.8, 4) is 0 Å². The fraction of sp³-hybridized carbons (Fsp3) is 1.00. The molecular weight excluding hydrogens is 173 g/mol. The molecule has 0 heterocycles. The normalized spacial score (nSPS) is 12.0. The maximum Gasteiger partial charge on any atom is 0.190 e. The van der Waals surface area contributed by atoms with Crippen molar-refractivity contribution >= 4 is 44.0 Å². The van der Waals surface area contributed by atoms with E-state index in [0.717, 1.165) is 6.16 Å². The molecule has 0 aliphatic rings. The van der Waals surface area contributed by atoms with Gasteiger partial charge >= 0.3 is 0 Å². The van der Waals surface area contributed by atoms with Crippen molar-refractivity contribution in [2.24, 2.45) is 0 Å². The van der Waals surface area contributed by atoms with Crippen LogP contribution in [0.15, 0.2) is 0 Å². The minimum Gasteiger partial charge on any atom is -0.137 e. The molecule has 0 nitrogen and oxygen atoms in total. The lowest BCUT2D eigenvalue weighted by molar-refractivity contribution is 0.989. The molecule has 0 bridgehead atoms. The quantitative estimate of drug-likeness (QED) is 0.429. The molecule has 0 rings (SSSR count). The Bertz CT molecular complexity index is 48.6. The zero-order valence-electron chi connectivity index (χ0n) is 3.63. The second kappa shape index (κ2) is 3.35. The highest BCUT2D eigenvalue weighted by Crippen LogP contribution is 2.30. The lowest BCUT2D eigenvalue weighted by Crippen LogP contribution is -2.00. The van der Waals surface area contributed by atoms with Crippen LogP contribution in [-0.2, 0) is 0 Å². The van der Waals surface area contributed by atoms with Crippen molar-refractivity contribution < 1.29 is 0 Å². The van der Waals surface area contributed by atoms with E-state index in [2.05, 4.69) is 9.24 Å². The van der Waals surface area contributed by atoms with Crippen molar-refractivity contribution in [1.29, 1.82) is 0 Å². The molecule has 0 fully saturated rings. The second-order valence-electron chi connectivity index (χ2n) is 1.15. The third kappa shape index (κ3) is 7.30. The average molecular weight is 179 g/mol. The molecule has 4 heteroatoms. The van der Waals surface area contributed by atoms with E-state index in [1.165, 1.54) is 0 Å². The van der Waals surface area contributed by atoms with Gasteiger partial charge in [0.25, 0.3) is 0 Å². The Morgan fingerprint density at radius 1 is 1.29 bits per heavy atom. The first kappa shape index (κ1) is 8.30. The molecule has 0 N–H and O–H groups in total. The molecule has 1 unspecified atom stereocenters. The highest BCUT2D eigenvalue weighted by atomic mass is 35.6. The zero-order valence-corrected chi connectivity index (χ0v) is 7.05. The fourth-order valence-corrected chi connectivity index (χ4v) is 1.47. The van der Waals surface area contributed by atoms with Gasteiger partial charge in [-0.2, -0.15) is 0 Å². The molecule has 7 heavy (non-hydrogen) atoms. The Labute approximate surface area is 60.7 Å². The van der Waals surface area contributed by atoms with Crippen molar-refractivity contribution in [3.05, 3.63) is 0 Å². The van der Waals surface area contributed by atoms with Gasteiger partial charge in [0.2, 0.25) is 0 Å². The van der Waals surface area contributed by atoms with Gasteiger partial charge in [-0.25, -0.2) is 0 Å². The molecule has 0 aromatic rings. The van der Waals surface area contributed by atoms with E-state index in [1.807, 2.05) is 0 Å².